The van der Waals surface area contributed by atoms with Gasteiger partial charge in [0.2, 0.25) is 0 Å². The van der Waals surface area contributed by atoms with Gasteiger partial charge in [0.25, 0.3) is 0 Å². The van der Waals surface area contributed by atoms with E-state index in [2.05, 4.69) is 4.98 Å². The molecule has 0 aromatic carbocycles. The van der Waals surface area contributed by atoms with Crippen molar-refractivity contribution in [3.05, 3.63) is 30.4 Å². The maximum atomic E-state index is 8.94. The van der Waals surface area contributed by atoms with E-state index in [9.17, 15) is 0 Å². The standard InChI is InChI=1S/C9H10N2O2/c1-13-8-2-3-11-7(4-8)5-10-9(11)6-12/h2-5,12H,6H2,1H3. The van der Waals surface area contributed by atoms with Crippen LogP contribution in [0.2, 0.25) is 0 Å². The van der Waals surface area contributed by atoms with Gasteiger partial charge in [-0.15, -0.1) is 0 Å². The molecule has 13 heavy (non-hydrogen) atoms. The largest absolute Gasteiger partial charge is 0.497 e. The number of ether oxygens (including phenoxy) is 1. The zero-order valence-electron chi connectivity index (χ0n) is 7.27. The average molecular weight is 178 g/mol. The van der Waals surface area contributed by atoms with E-state index in [0.29, 0.717) is 5.82 Å². The van der Waals surface area contributed by atoms with Gasteiger partial charge in [-0.1, -0.05) is 0 Å². The quantitative estimate of drug-likeness (QED) is 0.741. The molecule has 0 spiro atoms. The molecular weight excluding hydrogens is 168 g/mol. The molecule has 0 saturated carbocycles. The fourth-order valence-corrected chi connectivity index (χ4v) is 1.28. The van der Waals surface area contributed by atoms with Crippen molar-refractivity contribution in [3.8, 4) is 5.75 Å². The van der Waals surface area contributed by atoms with Gasteiger partial charge in [-0.3, -0.25) is 0 Å². The minimum Gasteiger partial charge on any atom is -0.497 e. The normalized spacial score (nSPS) is 10.6. The summed E-state index contributed by atoms with van der Waals surface area (Å²) >= 11 is 0. The second kappa shape index (κ2) is 3.06. The Balaban J connectivity index is 2.61. The predicted octanol–water partition coefficient (Wildman–Crippen LogP) is 0.835. The lowest BCUT2D eigenvalue weighted by molar-refractivity contribution is 0.270. The van der Waals surface area contributed by atoms with Crippen molar-refractivity contribution < 1.29 is 9.84 Å². The van der Waals surface area contributed by atoms with Crippen molar-refractivity contribution in [3.63, 3.8) is 0 Å². The molecule has 0 bridgehead atoms. The highest BCUT2D eigenvalue weighted by Crippen LogP contribution is 2.15. The molecule has 2 rings (SSSR count). The van der Waals surface area contributed by atoms with Crippen molar-refractivity contribution in [2.75, 3.05) is 7.11 Å². The number of rotatable bonds is 2. The van der Waals surface area contributed by atoms with Crippen molar-refractivity contribution in [1.82, 2.24) is 9.38 Å². The molecule has 1 N–H and O–H groups in total. The number of imidazole rings is 1. The van der Waals surface area contributed by atoms with E-state index < -0.39 is 0 Å². The number of methoxy groups -OCH3 is 1. The van der Waals surface area contributed by atoms with E-state index in [1.807, 2.05) is 22.7 Å². The summed E-state index contributed by atoms with van der Waals surface area (Å²) in [7, 11) is 1.62. The monoisotopic (exact) mass is 178 g/mol. The van der Waals surface area contributed by atoms with Gasteiger partial charge in [0, 0.05) is 12.3 Å². The Kier molecular flexibility index (Phi) is 1.90. The summed E-state index contributed by atoms with van der Waals surface area (Å²) in [5.74, 6) is 1.43. The summed E-state index contributed by atoms with van der Waals surface area (Å²) in [6.07, 6.45) is 3.53. The maximum Gasteiger partial charge on any atom is 0.139 e. The van der Waals surface area contributed by atoms with E-state index in [-0.39, 0.29) is 6.61 Å². The first kappa shape index (κ1) is 8.07. The third-order valence-corrected chi connectivity index (χ3v) is 1.96. The van der Waals surface area contributed by atoms with Gasteiger partial charge in [0.1, 0.15) is 18.2 Å². The lowest BCUT2D eigenvalue weighted by Crippen LogP contribution is -1.93. The van der Waals surface area contributed by atoms with Crippen molar-refractivity contribution in [2.45, 2.75) is 6.61 Å². The molecule has 0 saturated heterocycles. The van der Waals surface area contributed by atoms with Gasteiger partial charge in [0.05, 0.1) is 18.8 Å². The molecule has 0 unspecified atom stereocenters. The van der Waals surface area contributed by atoms with Gasteiger partial charge in [-0.2, -0.15) is 0 Å². The Morgan fingerprint density at radius 1 is 1.62 bits per heavy atom. The minimum absolute atomic E-state index is 0.0551. The topological polar surface area (TPSA) is 46.8 Å². The van der Waals surface area contributed by atoms with Gasteiger partial charge < -0.3 is 14.2 Å². The highest BCUT2D eigenvalue weighted by molar-refractivity contribution is 5.50. The molecule has 0 aliphatic carbocycles. The maximum absolute atomic E-state index is 8.94. The SMILES string of the molecule is COc1ccn2c(CO)ncc2c1. The van der Waals surface area contributed by atoms with Gasteiger partial charge in [-0.05, 0) is 6.07 Å². The Labute approximate surface area is 75.4 Å². The van der Waals surface area contributed by atoms with Gasteiger partial charge in [-0.25, -0.2) is 4.98 Å². The molecule has 2 heterocycles. The van der Waals surface area contributed by atoms with Gasteiger partial charge >= 0.3 is 0 Å². The first-order chi connectivity index (χ1) is 6.35. The summed E-state index contributed by atoms with van der Waals surface area (Å²) < 4.78 is 6.88. The van der Waals surface area contributed by atoms with E-state index in [4.69, 9.17) is 9.84 Å². The van der Waals surface area contributed by atoms with Crippen LogP contribution in [0.1, 0.15) is 5.82 Å². The third-order valence-electron chi connectivity index (χ3n) is 1.96. The molecule has 0 radical (unpaired) electrons. The molecule has 0 aliphatic rings. The first-order valence-corrected chi connectivity index (χ1v) is 3.96. The van der Waals surface area contributed by atoms with E-state index >= 15 is 0 Å². The number of nitrogens with zero attached hydrogens (tertiary/aromatic N) is 2. The van der Waals surface area contributed by atoms with Crippen LogP contribution in [0.5, 0.6) is 5.75 Å². The smallest absolute Gasteiger partial charge is 0.139 e. The van der Waals surface area contributed by atoms with Crippen LogP contribution in [-0.4, -0.2) is 21.6 Å². The van der Waals surface area contributed by atoms with Crippen molar-refractivity contribution in [1.29, 1.82) is 0 Å². The molecule has 68 valence electrons. The third kappa shape index (κ3) is 1.25. The second-order valence-electron chi connectivity index (χ2n) is 2.69. The Hall–Kier alpha value is -1.55. The lowest BCUT2D eigenvalue weighted by atomic mass is 10.4. The highest BCUT2D eigenvalue weighted by Gasteiger charge is 2.01. The minimum atomic E-state index is -0.0551. The Morgan fingerprint density at radius 2 is 2.46 bits per heavy atom. The summed E-state index contributed by atoms with van der Waals surface area (Å²) in [6, 6.07) is 3.69. The summed E-state index contributed by atoms with van der Waals surface area (Å²) in [4.78, 5) is 4.05. The van der Waals surface area contributed by atoms with Crippen LogP contribution in [0.15, 0.2) is 24.5 Å². The molecule has 0 aliphatic heterocycles. The van der Waals surface area contributed by atoms with E-state index in [0.717, 1.165) is 11.3 Å². The number of fused-ring (bicyclic) bond motifs is 1. The number of hydrogen-bond acceptors (Lipinski definition) is 3. The Morgan fingerprint density at radius 3 is 3.15 bits per heavy atom. The number of hydrogen-bond donors (Lipinski definition) is 1. The zero-order valence-corrected chi connectivity index (χ0v) is 7.27. The summed E-state index contributed by atoms with van der Waals surface area (Å²) in [5.41, 5.74) is 0.920. The number of pyridine rings is 1. The van der Waals surface area contributed by atoms with Crippen LogP contribution in [0.4, 0.5) is 0 Å². The Bertz CT molecular complexity index is 422. The van der Waals surface area contributed by atoms with Crippen LogP contribution >= 0.6 is 0 Å². The van der Waals surface area contributed by atoms with Crippen molar-refractivity contribution >= 4 is 5.52 Å². The van der Waals surface area contributed by atoms with Crippen LogP contribution in [0.3, 0.4) is 0 Å². The van der Waals surface area contributed by atoms with Crippen LogP contribution < -0.4 is 4.74 Å². The number of aromatic nitrogens is 2. The fourth-order valence-electron chi connectivity index (χ4n) is 1.28. The highest BCUT2D eigenvalue weighted by atomic mass is 16.5. The van der Waals surface area contributed by atoms with E-state index in [1.54, 1.807) is 13.3 Å². The van der Waals surface area contributed by atoms with Crippen LogP contribution in [0, 0.1) is 0 Å². The molecule has 4 heteroatoms. The molecule has 0 amide bonds. The lowest BCUT2D eigenvalue weighted by Gasteiger charge is -2.01. The first-order valence-electron chi connectivity index (χ1n) is 3.96. The molecule has 2 aromatic heterocycles. The predicted molar refractivity (Wildman–Crippen MR) is 47.7 cm³/mol. The fraction of sp³-hybridized carbons (Fsp3) is 0.222. The van der Waals surface area contributed by atoms with E-state index in [1.165, 1.54) is 0 Å². The number of aliphatic hydroxyl groups excluding tert-OH is 1. The average Bonchev–Trinajstić information content (AvgIpc) is 2.59. The van der Waals surface area contributed by atoms with Crippen LogP contribution in [-0.2, 0) is 6.61 Å². The van der Waals surface area contributed by atoms with Crippen LogP contribution in [0.25, 0.3) is 5.52 Å². The van der Waals surface area contributed by atoms with Gasteiger partial charge in [0.15, 0.2) is 0 Å². The molecular formula is C9H10N2O2. The summed E-state index contributed by atoms with van der Waals surface area (Å²) in [5, 5.41) is 8.94. The van der Waals surface area contributed by atoms with Crippen molar-refractivity contribution in [2.24, 2.45) is 0 Å². The second-order valence-corrected chi connectivity index (χ2v) is 2.69. The molecule has 0 fully saturated rings. The number of aliphatic hydroxyl groups is 1. The molecule has 0 atom stereocenters. The zero-order chi connectivity index (χ0) is 9.26. The molecule has 2 aromatic rings. The summed E-state index contributed by atoms with van der Waals surface area (Å²) in [6.45, 7) is -0.0551. The molecule has 4 nitrogen and oxygen atoms in total.